The number of nitrogens with one attached hydrogen (secondary N) is 1. The van der Waals surface area contributed by atoms with Gasteiger partial charge in [-0.05, 0) is 42.9 Å². The average Bonchev–Trinajstić information content (AvgIpc) is 3.55. The number of carboxylic acids is 1. The Hall–Kier alpha value is -2.05. The minimum absolute atomic E-state index is 0.0391. The van der Waals surface area contributed by atoms with Crippen molar-refractivity contribution in [3.05, 3.63) is 29.3 Å². The van der Waals surface area contributed by atoms with E-state index in [2.05, 4.69) is 10.2 Å². The summed E-state index contributed by atoms with van der Waals surface area (Å²) >= 11 is 0. The number of hydrogen-bond donors (Lipinski definition) is 2. The van der Waals surface area contributed by atoms with Crippen LogP contribution in [0.15, 0.2) is 18.2 Å². The molecule has 2 N–H and O–H groups in total. The van der Waals surface area contributed by atoms with E-state index in [1.165, 1.54) is 0 Å². The zero-order valence-corrected chi connectivity index (χ0v) is 20.4. The molecular weight excluding hydrogens is 504 g/mol. The molecule has 206 valence electrons. The van der Waals surface area contributed by atoms with Crippen molar-refractivity contribution >= 4 is 11.7 Å². The second-order valence-corrected chi connectivity index (χ2v) is 11.1. The molecule has 5 atom stereocenters. The summed E-state index contributed by atoms with van der Waals surface area (Å²) in [5, 5.41) is 11.8. The van der Waals surface area contributed by atoms with E-state index < -0.39 is 48.2 Å². The maximum atomic E-state index is 13.5. The quantitative estimate of drug-likeness (QED) is 0.559. The highest BCUT2D eigenvalue weighted by atomic mass is 19.4. The van der Waals surface area contributed by atoms with Crippen LogP contribution < -0.4 is 10.2 Å². The first-order chi connectivity index (χ1) is 17.3. The van der Waals surface area contributed by atoms with Crippen molar-refractivity contribution < 1.29 is 41.0 Å². The van der Waals surface area contributed by atoms with Gasteiger partial charge in [0.15, 0.2) is 5.92 Å². The number of fused-ring (bicyclic) bond motifs is 1. The van der Waals surface area contributed by atoms with Gasteiger partial charge in [0.05, 0.1) is 6.61 Å². The van der Waals surface area contributed by atoms with Crippen LogP contribution in [0.4, 0.5) is 32.0 Å². The van der Waals surface area contributed by atoms with Gasteiger partial charge in [-0.15, -0.1) is 0 Å². The van der Waals surface area contributed by atoms with Crippen LogP contribution in [0.3, 0.4) is 0 Å². The van der Waals surface area contributed by atoms with E-state index in [1.54, 1.807) is 4.90 Å². The second kappa shape index (κ2) is 9.30. The number of rotatable bonds is 5. The SMILES string of the molecule is Cc1c(CN2CC3C(C(=O)O)NC(C(C(F)(F)F)C(F)(F)F)C3C2)cccc1N1CCC2(CCOC2)C1. The number of hydrogen-bond acceptors (Lipinski definition) is 5. The van der Waals surface area contributed by atoms with Gasteiger partial charge in [-0.2, -0.15) is 26.3 Å². The van der Waals surface area contributed by atoms with E-state index in [0.29, 0.717) is 6.54 Å². The number of ether oxygens (including phenoxy) is 1. The van der Waals surface area contributed by atoms with Crippen LogP contribution in [0.2, 0.25) is 0 Å². The van der Waals surface area contributed by atoms with Crippen molar-refractivity contribution in [2.75, 3.05) is 44.3 Å². The highest BCUT2D eigenvalue weighted by Gasteiger charge is 2.66. The topological polar surface area (TPSA) is 65.0 Å². The number of nitrogens with zero attached hydrogens (tertiary/aromatic N) is 2. The van der Waals surface area contributed by atoms with Gasteiger partial charge in [0, 0.05) is 62.4 Å². The monoisotopic (exact) mass is 535 g/mol. The van der Waals surface area contributed by atoms with Crippen molar-refractivity contribution in [1.82, 2.24) is 10.2 Å². The van der Waals surface area contributed by atoms with Crippen molar-refractivity contribution in [2.45, 2.75) is 50.7 Å². The van der Waals surface area contributed by atoms with Gasteiger partial charge in [-0.3, -0.25) is 9.69 Å². The molecule has 4 saturated heterocycles. The third kappa shape index (κ3) is 4.92. The Balaban J connectivity index is 1.34. The molecule has 0 amide bonds. The fourth-order valence-electron chi connectivity index (χ4n) is 6.99. The molecule has 5 unspecified atom stereocenters. The van der Waals surface area contributed by atoms with Crippen molar-refractivity contribution in [1.29, 1.82) is 0 Å². The molecule has 1 aromatic rings. The summed E-state index contributed by atoms with van der Waals surface area (Å²) in [5.74, 6) is -6.99. The van der Waals surface area contributed by atoms with Crippen LogP contribution in [-0.2, 0) is 16.1 Å². The van der Waals surface area contributed by atoms with Crippen LogP contribution >= 0.6 is 0 Å². The lowest BCUT2D eigenvalue weighted by molar-refractivity contribution is -0.293. The zero-order chi connectivity index (χ0) is 26.8. The van der Waals surface area contributed by atoms with Gasteiger partial charge in [0.1, 0.15) is 6.04 Å². The first-order valence-corrected chi connectivity index (χ1v) is 12.5. The van der Waals surface area contributed by atoms with Crippen LogP contribution in [0, 0.1) is 30.1 Å². The van der Waals surface area contributed by atoms with E-state index in [1.807, 2.05) is 25.1 Å². The lowest BCUT2D eigenvalue weighted by Crippen LogP contribution is -2.53. The molecule has 1 spiro atoms. The van der Waals surface area contributed by atoms with E-state index in [4.69, 9.17) is 4.74 Å². The van der Waals surface area contributed by atoms with Crippen molar-refractivity contribution in [3.8, 4) is 0 Å². The fourth-order valence-corrected chi connectivity index (χ4v) is 6.99. The van der Waals surface area contributed by atoms with Crippen LogP contribution in [0.25, 0.3) is 0 Å². The molecule has 5 rings (SSSR count). The summed E-state index contributed by atoms with van der Waals surface area (Å²) in [6.45, 7) is 5.67. The Labute approximate surface area is 210 Å². The number of benzene rings is 1. The molecule has 6 nitrogen and oxygen atoms in total. The Morgan fingerprint density at radius 2 is 1.86 bits per heavy atom. The fraction of sp³-hybridized carbons (Fsp3) is 0.720. The molecule has 0 saturated carbocycles. The smallest absolute Gasteiger partial charge is 0.402 e. The molecule has 37 heavy (non-hydrogen) atoms. The van der Waals surface area contributed by atoms with Gasteiger partial charge >= 0.3 is 18.3 Å². The van der Waals surface area contributed by atoms with Crippen LogP contribution in [0.1, 0.15) is 24.0 Å². The second-order valence-electron chi connectivity index (χ2n) is 11.1. The van der Waals surface area contributed by atoms with Gasteiger partial charge in [-0.1, -0.05) is 12.1 Å². The molecule has 0 bridgehead atoms. The molecule has 4 aliphatic rings. The highest BCUT2D eigenvalue weighted by molar-refractivity contribution is 5.74. The maximum absolute atomic E-state index is 13.5. The van der Waals surface area contributed by atoms with Gasteiger partial charge in [0.2, 0.25) is 0 Å². The predicted octanol–water partition coefficient (Wildman–Crippen LogP) is 3.83. The Morgan fingerprint density at radius 3 is 2.49 bits per heavy atom. The van der Waals surface area contributed by atoms with Crippen LogP contribution in [-0.4, -0.2) is 79.8 Å². The summed E-state index contributed by atoms with van der Waals surface area (Å²) < 4.78 is 86.7. The molecule has 0 aliphatic carbocycles. The van der Waals surface area contributed by atoms with E-state index in [-0.39, 0.29) is 18.5 Å². The number of aliphatic carboxylic acids is 1. The van der Waals surface area contributed by atoms with E-state index in [0.717, 1.165) is 56.0 Å². The molecular formula is C25H31F6N3O3. The Bertz CT molecular complexity index is 1010. The van der Waals surface area contributed by atoms with Crippen molar-refractivity contribution in [3.63, 3.8) is 0 Å². The molecule has 4 heterocycles. The average molecular weight is 536 g/mol. The summed E-state index contributed by atoms with van der Waals surface area (Å²) in [6, 6.07) is 2.35. The maximum Gasteiger partial charge on any atom is 0.402 e. The van der Waals surface area contributed by atoms with Gasteiger partial charge in [0.25, 0.3) is 0 Å². The number of carbonyl (C=O) groups is 1. The molecule has 0 aromatic heterocycles. The summed E-state index contributed by atoms with van der Waals surface area (Å²) in [5.41, 5.74) is 3.18. The summed E-state index contributed by atoms with van der Waals surface area (Å²) in [4.78, 5) is 15.9. The number of halogens is 6. The van der Waals surface area contributed by atoms with Gasteiger partial charge in [-0.25, -0.2) is 0 Å². The minimum atomic E-state index is -5.54. The predicted molar refractivity (Wildman–Crippen MR) is 122 cm³/mol. The largest absolute Gasteiger partial charge is 0.480 e. The lowest BCUT2D eigenvalue weighted by Gasteiger charge is -2.32. The van der Waals surface area contributed by atoms with Gasteiger partial charge < -0.3 is 20.1 Å². The molecule has 4 aliphatic heterocycles. The van der Waals surface area contributed by atoms with E-state index >= 15 is 0 Å². The number of carboxylic acid groups (broad SMARTS) is 1. The Morgan fingerprint density at radius 1 is 1.16 bits per heavy atom. The number of likely N-dealkylation sites (tertiary alicyclic amines) is 1. The molecule has 0 radical (unpaired) electrons. The number of anilines is 1. The first kappa shape index (κ1) is 26.6. The summed E-state index contributed by atoms with van der Waals surface area (Å²) in [6.07, 6.45) is -9.01. The minimum Gasteiger partial charge on any atom is -0.480 e. The zero-order valence-electron chi connectivity index (χ0n) is 20.4. The highest BCUT2D eigenvalue weighted by Crippen LogP contribution is 2.49. The summed E-state index contributed by atoms with van der Waals surface area (Å²) in [7, 11) is 0. The van der Waals surface area contributed by atoms with E-state index in [9.17, 15) is 36.2 Å². The third-order valence-electron chi connectivity index (χ3n) is 8.86. The molecule has 4 fully saturated rings. The number of alkyl halides is 6. The van der Waals surface area contributed by atoms with Crippen molar-refractivity contribution in [2.24, 2.45) is 23.2 Å². The third-order valence-corrected chi connectivity index (χ3v) is 8.86. The normalized spacial score (nSPS) is 32.7. The standard InChI is InChI=1S/C25H31F6N3O3/c1-14-15(3-2-4-18(14)34-7-5-23(12-34)6-8-37-13-23)9-33-10-16-17(11-33)20(22(35)36)32-19(16)21(24(26,27)28)25(29,30)31/h2-4,16-17,19-21,32H,5-13H2,1H3,(H,35,36). The molecule has 12 heteroatoms. The molecule has 1 aromatic carbocycles. The lowest BCUT2D eigenvalue weighted by atomic mass is 9.84. The Kier molecular flexibility index (Phi) is 6.68. The first-order valence-electron chi connectivity index (χ1n) is 12.5. The van der Waals surface area contributed by atoms with Crippen LogP contribution in [0.5, 0.6) is 0 Å².